The van der Waals surface area contributed by atoms with Gasteiger partial charge in [-0.3, -0.25) is 14.5 Å². The number of urea groups is 1. The minimum Gasteiger partial charge on any atom is -0.444 e. The lowest BCUT2D eigenvalue weighted by atomic mass is 9.92. The van der Waals surface area contributed by atoms with Crippen LogP contribution in [0.4, 0.5) is 9.59 Å². The summed E-state index contributed by atoms with van der Waals surface area (Å²) in [5.74, 6) is -0.853. The molecule has 10 heteroatoms. The molecule has 1 aromatic rings. The second kappa shape index (κ2) is 8.37. The molecular weight excluding hydrogens is 424 g/mol. The summed E-state index contributed by atoms with van der Waals surface area (Å²) >= 11 is 5.91. The van der Waals surface area contributed by atoms with Gasteiger partial charge >= 0.3 is 12.1 Å². The van der Waals surface area contributed by atoms with E-state index in [1.54, 1.807) is 61.8 Å². The minimum atomic E-state index is -1.27. The van der Waals surface area contributed by atoms with Gasteiger partial charge in [0.2, 0.25) is 5.91 Å². The molecule has 2 saturated heterocycles. The van der Waals surface area contributed by atoms with Crippen molar-refractivity contribution in [3.8, 4) is 0 Å². The first-order valence-corrected chi connectivity index (χ1v) is 10.4. The lowest BCUT2D eigenvalue weighted by molar-refractivity contribution is -0.139. The number of nitrogens with one attached hydrogen (secondary N) is 1. The van der Waals surface area contributed by atoms with Crippen molar-refractivity contribution in [2.45, 2.75) is 38.8 Å². The molecule has 0 saturated carbocycles. The van der Waals surface area contributed by atoms with Crippen LogP contribution in [-0.2, 0) is 19.9 Å². The summed E-state index contributed by atoms with van der Waals surface area (Å²) in [6.45, 7) is 7.86. The van der Waals surface area contributed by atoms with Gasteiger partial charge in [0.1, 0.15) is 17.7 Å². The van der Waals surface area contributed by atoms with Gasteiger partial charge in [-0.05, 0) is 45.4 Å². The number of halogens is 1. The second-order valence-electron chi connectivity index (χ2n) is 8.80. The number of imide groups is 1. The number of hydrogen-bond donors (Lipinski definition) is 1. The third-order valence-corrected chi connectivity index (χ3v) is 5.53. The van der Waals surface area contributed by atoms with Gasteiger partial charge in [-0.1, -0.05) is 23.7 Å². The van der Waals surface area contributed by atoms with Crippen molar-refractivity contribution in [3.05, 3.63) is 34.9 Å². The molecule has 1 atom stereocenters. The van der Waals surface area contributed by atoms with Crippen molar-refractivity contribution >= 4 is 35.5 Å². The molecule has 9 nitrogen and oxygen atoms in total. The first kappa shape index (κ1) is 22.9. The van der Waals surface area contributed by atoms with E-state index < -0.39 is 29.2 Å². The van der Waals surface area contributed by atoms with E-state index in [1.165, 1.54) is 0 Å². The van der Waals surface area contributed by atoms with Crippen LogP contribution in [-0.4, -0.2) is 77.0 Å². The number of ether oxygens (including phenoxy) is 1. The fraction of sp³-hybridized carbons (Fsp3) is 0.524. The number of nitrogens with zero attached hydrogens (tertiary/aromatic N) is 3. The molecule has 31 heavy (non-hydrogen) atoms. The average molecular weight is 451 g/mol. The molecule has 0 bridgehead atoms. The van der Waals surface area contributed by atoms with Gasteiger partial charge in [-0.25, -0.2) is 9.59 Å². The zero-order chi connectivity index (χ0) is 23.0. The summed E-state index contributed by atoms with van der Waals surface area (Å²) in [6, 6.07) is 5.99. The Bertz CT molecular complexity index is 890. The fourth-order valence-electron chi connectivity index (χ4n) is 3.52. The molecule has 2 aliphatic rings. The van der Waals surface area contributed by atoms with E-state index in [1.807, 2.05) is 0 Å². The number of carbonyl (C=O) groups excluding carboxylic acids is 4. The van der Waals surface area contributed by atoms with Crippen molar-refractivity contribution in [2.24, 2.45) is 0 Å². The summed E-state index contributed by atoms with van der Waals surface area (Å²) in [5.41, 5.74) is -1.28. The highest BCUT2D eigenvalue weighted by Gasteiger charge is 2.49. The molecule has 5 amide bonds. The highest BCUT2D eigenvalue weighted by molar-refractivity contribution is 6.30. The van der Waals surface area contributed by atoms with E-state index >= 15 is 0 Å². The van der Waals surface area contributed by atoms with Crippen LogP contribution in [0.1, 0.15) is 33.3 Å². The highest BCUT2D eigenvalue weighted by atomic mass is 35.5. The van der Waals surface area contributed by atoms with Gasteiger partial charge in [0, 0.05) is 31.2 Å². The molecule has 168 valence electrons. The van der Waals surface area contributed by atoms with Crippen LogP contribution in [0.25, 0.3) is 0 Å². The quantitative estimate of drug-likeness (QED) is 0.711. The van der Waals surface area contributed by atoms with Gasteiger partial charge < -0.3 is 19.9 Å². The Hall–Kier alpha value is -2.81. The topological polar surface area (TPSA) is 99.3 Å². The Labute approximate surface area is 186 Å². The molecule has 2 aliphatic heterocycles. The van der Waals surface area contributed by atoms with E-state index in [0.717, 1.165) is 4.90 Å². The van der Waals surface area contributed by atoms with Crippen LogP contribution in [0.3, 0.4) is 0 Å². The average Bonchev–Trinajstić information content (AvgIpc) is 2.91. The van der Waals surface area contributed by atoms with Gasteiger partial charge in [-0.2, -0.15) is 0 Å². The monoisotopic (exact) mass is 450 g/mol. The van der Waals surface area contributed by atoms with Crippen molar-refractivity contribution in [2.75, 3.05) is 32.7 Å². The second-order valence-corrected chi connectivity index (χ2v) is 9.24. The smallest absolute Gasteiger partial charge is 0.410 e. The lowest BCUT2D eigenvalue weighted by Gasteiger charge is -2.36. The third-order valence-electron chi connectivity index (χ3n) is 5.27. The summed E-state index contributed by atoms with van der Waals surface area (Å²) in [6.07, 6.45) is -0.424. The third kappa shape index (κ3) is 4.92. The maximum Gasteiger partial charge on any atom is 0.410 e. The number of piperazine rings is 1. The number of rotatable bonds is 3. The maximum absolute atomic E-state index is 13.0. The van der Waals surface area contributed by atoms with Crippen LogP contribution < -0.4 is 5.32 Å². The summed E-state index contributed by atoms with van der Waals surface area (Å²) in [5, 5.41) is 3.19. The molecule has 1 unspecified atom stereocenters. The summed E-state index contributed by atoms with van der Waals surface area (Å²) < 4.78 is 5.35. The largest absolute Gasteiger partial charge is 0.444 e. The number of amides is 5. The molecule has 0 spiro atoms. The molecule has 0 aromatic heterocycles. The highest BCUT2D eigenvalue weighted by Crippen LogP contribution is 2.29. The van der Waals surface area contributed by atoms with E-state index in [0.29, 0.717) is 36.8 Å². The van der Waals surface area contributed by atoms with E-state index in [4.69, 9.17) is 16.3 Å². The molecule has 2 heterocycles. The zero-order valence-electron chi connectivity index (χ0n) is 18.1. The normalized spacial score (nSPS) is 21.9. The summed E-state index contributed by atoms with van der Waals surface area (Å²) in [7, 11) is 0. The standard InChI is InChI=1S/C21H27ClN4O5/c1-20(2,3)31-19(30)25-11-9-24(10-12-25)16(27)13-26-17(28)21(4,23-18(26)29)14-5-7-15(22)8-6-14/h5-8H,9-13H2,1-4H3,(H,23,29). The Morgan fingerprint density at radius 2 is 1.61 bits per heavy atom. The van der Waals surface area contributed by atoms with E-state index in [9.17, 15) is 19.2 Å². The van der Waals surface area contributed by atoms with Crippen molar-refractivity contribution in [1.29, 1.82) is 0 Å². The van der Waals surface area contributed by atoms with Crippen LogP contribution >= 0.6 is 11.6 Å². The van der Waals surface area contributed by atoms with Crippen LogP contribution in [0.5, 0.6) is 0 Å². The van der Waals surface area contributed by atoms with Gasteiger partial charge in [0.25, 0.3) is 5.91 Å². The number of benzene rings is 1. The van der Waals surface area contributed by atoms with Gasteiger partial charge in [0.05, 0.1) is 0 Å². The maximum atomic E-state index is 13.0. The molecule has 0 aliphatic carbocycles. The first-order chi connectivity index (χ1) is 14.4. The van der Waals surface area contributed by atoms with Crippen LogP contribution in [0, 0.1) is 0 Å². The molecule has 2 fully saturated rings. The molecule has 1 N–H and O–H groups in total. The SMILES string of the molecule is CC(C)(C)OC(=O)N1CCN(C(=O)CN2C(=O)NC(C)(c3ccc(Cl)cc3)C2=O)CC1. The molecule has 0 radical (unpaired) electrons. The Morgan fingerprint density at radius 1 is 1.06 bits per heavy atom. The van der Waals surface area contributed by atoms with Gasteiger partial charge in [-0.15, -0.1) is 0 Å². The lowest BCUT2D eigenvalue weighted by Crippen LogP contribution is -2.54. The zero-order valence-corrected chi connectivity index (χ0v) is 18.9. The summed E-state index contributed by atoms with van der Waals surface area (Å²) in [4.78, 5) is 54.4. The van der Waals surface area contributed by atoms with Crippen molar-refractivity contribution < 1.29 is 23.9 Å². The van der Waals surface area contributed by atoms with Crippen LogP contribution in [0.15, 0.2) is 24.3 Å². The Balaban J connectivity index is 1.60. The predicted molar refractivity (Wildman–Crippen MR) is 113 cm³/mol. The van der Waals surface area contributed by atoms with E-state index in [2.05, 4.69) is 5.32 Å². The van der Waals surface area contributed by atoms with Crippen molar-refractivity contribution in [3.63, 3.8) is 0 Å². The Morgan fingerprint density at radius 3 is 2.16 bits per heavy atom. The molecule has 1 aromatic carbocycles. The predicted octanol–water partition coefficient (Wildman–Crippen LogP) is 2.19. The molecular formula is C21H27ClN4O5. The van der Waals surface area contributed by atoms with E-state index in [-0.39, 0.29) is 12.5 Å². The Kier molecular flexibility index (Phi) is 6.18. The van der Waals surface area contributed by atoms with Gasteiger partial charge in [0.15, 0.2) is 0 Å². The van der Waals surface area contributed by atoms with Crippen LogP contribution in [0.2, 0.25) is 5.02 Å². The van der Waals surface area contributed by atoms with Crippen molar-refractivity contribution in [1.82, 2.24) is 20.0 Å². The number of hydrogen-bond acceptors (Lipinski definition) is 5. The minimum absolute atomic E-state index is 0.302. The fourth-order valence-corrected chi connectivity index (χ4v) is 3.65. The first-order valence-electron chi connectivity index (χ1n) is 10.1. The molecule has 3 rings (SSSR count). The number of carbonyl (C=O) groups is 4.